The summed E-state index contributed by atoms with van der Waals surface area (Å²) in [5.41, 5.74) is 1.12. The van der Waals surface area contributed by atoms with Crippen LogP contribution in [-0.2, 0) is 4.79 Å². The molecule has 1 amide bonds. The summed E-state index contributed by atoms with van der Waals surface area (Å²) in [7, 11) is 1.92. The molecule has 124 valence electrons. The van der Waals surface area contributed by atoms with Crippen LogP contribution >= 0.6 is 0 Å². The number of benzene rings is 1. The highest BCUT2D eigenvalue weighted by Crippen LogP contribution is 2.27. The highest BCUT2D eigenvalue weighted by molar-refractivity contribution is 5.96. The maximum atomic E-state index is 12.2. The predicted octanol–water partition coefficient (Wildman–Crippen LogP) is 2.28. The van der Waals surface area contributed by atoms with Crippen molar-refractivity contribution < 1.29 is 4.79 Å². The van der Waals surface area contributed by atoms with E-state index in [9.17, 15) is 4.79 Å². The van der Waals surface area contributed by atoms with E-state index in [0.29, 0.717) is 5.82 Å². The van der Waals surface area contributed by atoms with Crippen molar-refractivity contribution in [2.45, 2.75) is 24.9 Å². The third-order valence-electron chi connectivity index (χ3n) is 4.54. The van der Waals surface area contributed by atoms with E-state index in [4.69, 9.17) is 0 Å². The monoisotopic (exact) mass is 324 g/mol. The van der Waals surface area contributed by atoms with Crippen LogP contribution < -0.4 is 10.6 Å². The number of nitrogens with one attached hydrogen (secondary N) is 2. The number of fused-ring (bicyclic) bond motifs is 1. The fourth-order valence-electron chi connectivity index (χ4n) is 3.20. The molecule has 0 aliphatic carbocycles. The minimum atomic E-state index is -0.108. The lowest BCUT2D eigenvalue weighted by Crippen LogP contribution is -2.35. The fraction of sp³-hybridized carbons (Fsp3) is 0.412. The molecule has 24 heavy (non-hydrogen) atoms. The van der Waals surface area contributed by atoms with Crippen LogP contribution in [0.2, 0.25) is 0 Å². The van der Waals surface area contributed by atoms with Gasteiger partial charge in [-0.1, -0.05) is 17.4 Å². The lowest BCUT2D eigenvalue weighted by molar-refractivity contribution is -0.117. The number of amides is 1. The summed E-state index contributed by atoms with van der Waals surface area (Å²) in [5.74, 6) is 0.574. The van der Waals surface area contributed by atoms with Crippen LogP contribution in [0.4, 0.5) is 5.82 Å². The van der Waals surface area contributed by atoms with Gasteiger partial charge in [-0.25, -0.2) is 4.98 Å². The Morgan fingerprint density at radius 2 is 2.25 bits per heavy atom. The Hall–Kier alpha value is -2.54. The van der Waals surface area contributed by atoms with E-state index in [0.717, 1.165) is 42.3 Å². The van der Waals surface area contributed by atoms with E-state index in [1.807, 2.05) is 24.2 Å². The number of carbonyl (C=O) groups is 1. The quantitative estimate of drug-likeness (QED) is 0.907. The van der Waals surface area contributed by atoms with Crippen molar-refractivity contribution in [2.24, 2.45) is 10.3 Å². The molecule has 0 saturated carbocycles. The molecule has 3 heterocycles. The number of anilines is 1. The van der Waals surface area contributed by atoms with Crippen molar-refractivity contribution >= 4 is 22.5 Å². The number of likely N-dealkylation sites (N-methyl/N-ethyl adjacent to an activating group) is 1. The normalized spacial score (nSPS) is 23.1. The molecule has 7 nitrogen and oxygen atoms in total. The fourth-order valence-corrected chi connectivity index (χ4v) is 3.20. The largest absolute Gasteiger partial charge is 0.309 e. The number of aromatic nitrogens is 1. The van der Waals surface area contributed by atoms with E-state index in [2.05, 4.69) is 38.1 Å². The van der Waals surface area contributed by atoms with Gasteiger partial charge in [-0.2, -0.15) is 5.11 Å². The molecule has 0 spiro atoms. The third kappa shape index (κ3) is 2.94. The number of hydrogen-bond donors (Lipinski definition) is 2. The molecule has 4 rings (SSSR count). The van der Waals surface area contributed by atoms with Crippen LogP contribution in [0.25, 0.3) is 10.8 Å². The van der Waals surface area contributed by atoms with E-state index in [-0.39, 0.29) is 18.0 Å². The van der Waals surface area contributed by atoms with Gasteiger partial charge in [0.25, 0.3) is 0 Å². The number of rotatable bonds is 3. The summed E-state index contributed by atoms with van der Waals surface area (Å²) < 4.78 is 0. The van der Waals surface area contributed by atoms with Crippen molar-refractivity contribution in [3.63, 3.8) is 0 Å². The molecule has 1 aromatic carbocycles. The molecule has 1 aromatic heterocycles. The maximum Gasteiger partial charge on any atom is 0.242 e. The molecule has 2 aromatic rings. The van der Waals surface area contributed by atoms with Crippen LogP contribution in [-0.4, -0.2) is 42.1 Å². The summed E-state index contributed by atoms with van der Waals surface area (Å²) >= 11 is 0. The lowest BCUT2D eigenvalue weighted by Gasteiger charge is -2.12. The molecular formula is C17H20N6O. The van der Waals surface area contributed by atoms with Gasteiger partial charge >= 0.3 is 0 Å². The maximum absolute atomic E-state index is 12.2. The Labute approximate surface area is 140 Å². The lowest BCUT2D eigenvalue weighted by atomic mass is 10.0. The van der Waals surface area contributed by atoms with Gasteiger partial charge in [-0.3, -0.25) is 9.80 Å². The average Bonchev–Trinajstić information content (AvgIpc) is 3.25. The van der Waals surface area contributed by atoms with Crippen LogP contribution in [0.3, 0.4) is 0 Å². The second-order valence-corrected chi connectivity index (χ2v) is 6.38. The van der Waals surface area contributed by atoms with Crippen LogP contribution in [0.15, 0.2) is 40.8 Å². The van der Waals surface area contributed by atoms with Gasteiger partial charge in [-0.05, 0) is 42.5 Å². The molecule has 1 saturated heterocycles. The molecular weight excluding hydrogens is 304 g/mol. The van der Waals surface area contributed by atoms with E-state index in [1.54, 1.807) is 6.20 Å². The van der Waals surface area contributed by atoms with Crippen LogP contribution in [0, 0.1) is 0 Å². The smallest absolute Gasteiger partial charge is 0.242 e. The average molecular weight is 324 g/mol. The highest BCUT2D eigenvalue weighted by Gasteiger charge is 2.22. The van der Waals surface area contributed by atoms with E-state index in [1.165, 1.54) is 0 Å². The Balaban J connectivity index is 1.57. The zero-order valence-corrected chi connectivity index (χ0v) is 13.6. The molecule has 0 bridgehead atoms. The van der Waals surface area contributed by atoms with Gasteiger partial charge in [0, 0.05) is 18.6 Å². The van der Waals surface area contributed by atoms with E-state index >= 15 is 0 Å². The Bertz CT molecular complexity index is 799. The molecule has 2 aliphatic heterocycles. The summed E-state index contributed by atoms with van der Waals surface area (Å²) in [6.07, 6.45) is 3.71. The SMILES string of the molecule is CN1CC(c2ccc3cnc(NC(=O)[C@H]4CCCN4)cc3c2)N=N1. The molecule has 2 N–H and O–H groups in total. The van der Waals surface area contributed by atoms with Gasteiger partial charge in [0.15, 0.2) is 0 Å². The van der Waals surface area contributed by atoms with Crippen molar-refractivity contribution in [1.82, 2.24) is 15.3 Å². The van der Waals surface area contributed by atoms with Gasteiger partial charge in [0.2, 0.25) is 5.91 Å². The van der Waals surface area contributed by atoms with Gasteiger partial charge in [-0.15, -0.1) is 0 Å². The number of hydrogen-bond acceptors (Lipinski definition) is 6. The standard InChI is InChI=1S/C17H20N6O/c1-23-10-15(21-22-23)11-4-5-12-9-19-16(8-13(12)7-11)20-17(24)14-3-2-6-18-14/h4-5,7-9,14-15,18H,2-3,6,10H2,1H3,(H,19,20,24)/t14-,15?/m1/s1. The van der Waals surface area contributed by atoms with Gasteiger partial charge in [0.05, 0.1) is 12.6 Å². The Kier molecular flexibility index (Phi) is 3.86. The topological polar surface area (TPSA) is 82.0 Å². The van der Waals surface area contributed by atoms with Crippen molar-refractivity contribution in [3.8, 4) is 0 Å². The first kappa shape index (κ1) is 15.0. The zero-order chi connectivity index (χ0) is 16.5. The summed E-state index contributed by atoms with van der Waals surface area (Å²) in [6, 6.07) is 8.07. The Morgan fingerprint density at radius 3 is 3.00 bits per heavy atom. The summed E-state index contributed by atoms with van der Waals surface area (Å²) in [4.78, 5) is 16.6. The first-order valence-electron chi connectivity index (χ1n) is 8.25. The van der Waals surface area contributed by atoms with Gasteiger partial charge < -0.3 is 10.6 Å². The molecule has 7 heteroatoms. The number of nitrogens with zero attached hydrogens (tertiary/aromatic N) is 4. The summed E-state index contributed by atoms with van der Waals surface area (Å²) in [6.45, 7) is 1.69. The molecule has 0 radical (unpaired) electrons. The second kappa shape index (κ2) is 6.16. The van der Waals surface area contributed by atoms with Gasteiger partial charge in [0.1, 0.15) is 11.9 Å². The minimum absolute atomic E-state index is 0.0123. The van der Waals surface area contributed by atoms with E-state index < -0.39 is 0 Å². The summed E-state index contributed by atoms with van der Waals surface area (Å²) in [5, 5.41) is 18.4. The minimum Gasteiger partial charge on any atom is -0.309 e. The second-order valence-electron chi connectivity index (χ2n) is 6.38. The third-order valence-corrected chi connectivity index (χ3v) is 4.54. The first-order chi connectivity index (χ1) is 11.7. The van der Waals surface area contributed by atoms with Crippen molar-refractivity contribution in [2.75, 3.05) is 25.5 Å². The predicted molar refractivity (Wildman–Crippen MR) is 91.6 cm³/mol. The highest BCUT2D eigenvalue weighted by atomic mass is 16.2. The molecule has 1 fully saturated rings. The molecule has 2 aliphatic rings. The Morgan fingerprint density at radius 1 is 1.33 bits per heavy atom. The first-order valence-corrected chi connectivity index (χ1v) is 8.25. The zero-order valence-electron chi connectivity index (χ0n) is 13.6. The number of pyridine rings is 1. The van der Waals surface area contributed by atoms with Crippen molar-refractivity contribution in [3.05, 3.63) is 36.0 Å². The number of carbonyl (C=O) groups excluding carboxylic acids is 1. The van der Waals surface area contributed by atoms with Crippen LogP contribution in [0.1, 0.15) is 24.4 Å². The molecule has 1 unspecified atom stereocenters. The molecule has 2 atom stereocenters. The van der Waals surface area contributed by atoms with Crippen molar-refractivity contribution in [1.29, 1.82) is 0 Å². The van der Waals surface area contributed by atoms with Crippen LogP contribution in [0.5, 0.6) is 0 Å².